The number of rotatable bonds is 6. The van der Waals surface area contributed by atoms with Crippen molar-refractivity contribution < 1.29 is 18.7 Å². The summed E-state index contributed by atoms with van der Waals surface area (Å²) in [7, 11) is 0. The second-order valence-corrected chi connectivity index (χ2v) is 6.11. The zero-order chi connectivity index (χ0) is 18.5. The molecule has 0 aliphatic heterocycles. The van der Waals surface area contributed by atoms with Gasteiger partial charge in [0, 0.05) is 10.9 Å². The average molecular weight is 374 g/mol. The van der Waals surface area contributed by atoms with E-state index in [0.29, 0.717) is 28.7 Å². The molecule has 1 aromatic carbocycles. The van der Waals surface area contributed by atoms with Gasteiger partial charge >= 0.3 is 5.97 Å². The summed E-state index contributed by atoms with van der Waals surface area (Å²) in [5.74, 6) is -1.12. The first-order valence-electron chi connectivity index (χ1n) is 7.78. The van der Waals surface area contributed by atoms with Gasteiger partial charge < -0.3 is 4.74 Å². The number of carbonyl (C=O) groups excluding carboxylic acids is 2. The molecule has 0 spiro atoms. The Balaban J connectivity index is 1.64. The van der Waals surface area contributed by atoms with E-state index in [1.807, 2.05) is 0 Å². The van der Waals surface area contributed by atoms with Gasteiger partial charge in [-0.15, -0.1) is 11.3 Å². The number of aromatic nitrogens is 3. The molecule has 9 heteroatoms. The quantitative estimate of drug-likeness (QED) is 0.647. The first-order chi connectivity index (χ1) is 12.5. The van der Waals surface area contributed by atoms with Crippen LogP contribution in [0.1, 0.15) is 23.1 Å². The normalized spacial score (nSPS) is 10.5. The maximum absolute atomic E-state index is 13.0. The summed E-state index contributed by atoms with van der Waals surface area (Å²) in [6, 6.07) is 7.37. The standard InChI is InChI=1S/C17H15FN4O3S/c1-2-25-15(23)7-12-9-26-17(19-12)20-16(24)14-8-13(21-22-14)10-3-5-11(18)6-4-10/h3-6,8-9H,2,7H2,1H3,(H,21,22)(H,19,20,24). The Morgan fingerprint density at radius 2 is 2.08 bits per heavy atom. The number of benzene rings is 1. The van der Waals surface area contributed by atoms with Gasteiger partial charge in [-0.25, -0.2) is 9.37 Å². The number of H-pyrrole nitrogens is 1. The molecule has 0 saturated carbocycles. The predicted molar refractivity (Wildman–Crippen MR) is 94.4 cm³/mol. The highest BCUT2D eigenvalue weighted by Gasteiger charge is 2.14. The minimum atomic E-state index is -0.414. The van der Waals surface area contributed by atoms with Crippen LogP contribution in [0.25, 0.3) is 11.3 Å². The number of thiazole rings is 1. The Kier molecular flexibility index (Phi) is 5.37. The van der Waals surface area contributed by atoms with E-state index in [1.165, 1.54) is 23.5 Å². The molecule has 1 amide bonds. The maximum Gasteiger partial charge on any atom is 0.311 e. The van der Waals surface area contributed by atoms with Gasteiger partial charge in [-0.3, -0.25) is 20.0 Å². The fourth-order valence-electron chi connectivity index (χ4n) is 2.18. The van der Waals surface area contributed by atoms with E-state index < -0.39 is 5.91 Å². The number of amides is 1. The molecule has 7 nitrogen and oxygen atoms in total. The summed E-state index contributed by atoms with van der Waals surface area (Å²) in [6.07, 6.45) is 0.0545. The number of nitrogens with one attached hydrogen (secondary N) is 2. The van der Waals surface area contributed by atoms with E-state index in [-0.39, 0.29) is 23.9 Å². The van der Waals surface area contributed by atoms with Crippen LogP contribution in [0.15, 0.2) is 35.7 Å². The number of nitrogens with zero attached hydrogens (tertiary/aromatic N) is 2. The number of ether oxygens (including phenoxy) is 1. The fourth-order valence-corrected chi connectivity index (χ4v) is 2.88. The topological polar surface area (TPSA) is 97.0 Å². The maximum atomic E-state index is 13.0. The molecule has 26 heavy (non-hydrogen) atoms. The molecule has 3 rings (SSSR count). The van der Waals surface area contributed by atoms with Gasteiger partial charge in [0.05, 0.1) is 24.4 Å². The van der Waals surface area contributed by atoms with Gasteiger partial charge in [-0.05, 0) is 37.3 Å². The van der Waals surface area contributed by atoms with Crippen LogP contribution in [-0.2, 0) is 16.0 Å². The molecule has 0 aliphatic carbocycles. The van der Waals surface area contributed by atoms with E-state index in [9.17, 15) is 14.0 Å². The summed E-state index contributed by atoms with van der Waals surface area (Å²) in [6.45, 7) is 2.04. The van der Waals surface area contributed by atoms with E-state index in [4.69, 9.17) is 4.74 Å². The number of carbonyl (C=O) groups is 2. The van der Waals surface area contributed by atoms with Crippen LogP contribution in [0.3, 0.4) is 0 Å². The zero-order valence-corrected chi connectivity index (χ0v) is 14.6. The Bertz CT molecular complexity index is 920. The molecular formula is C17H15FN4O3S. The third kappa shape index (κ3) is 4.31. The average Bonchev–Trinajstić information content (AvgIpc) is 3.25. The predicted octanol–water partition coefficient (Wildman–Crippen LogP) is 3.03. The summed E-state index contributed by atoms with van der Waals surface area (Å²) in [4.78, 5) is 27.9. The van der Waals surface area contributed by atoms with Gasteiger partial charge in [0.1, 0.15) is 11.5 Å². The van der Waals surface area contributed by atoms with E-state index in [1.54, 1.807) is 30.5 Å². The number of halogens is 1. The summed E-state index contributed by atoms with van der Waals surface area (Å²) < 4.78 is 17.8. The van der Waals surface area contributed by atoms with Crippen LogP contribution in [0, 0.1) is 5.82 Å². The van der Waals surface area contributed by atoms with Crippen LogP contribution in [0.2, 0.25) is 0 Å². The summed E-state index contributed by atoms with van der Waals surface area (Å²) in [5.41, 5.74) is 1.98. The molecule has 2 heterocycles. The summed E-state index contributed by atoms with van der Waals surface area (Å²) >= 11 is 1.21. The molecule has 0 radical (unpaired) electrons. The van der Waals surface area contributed by atoms with Gasteiger partial charge in [-0.1, -0.05) is 0 Å². The molecule has 0 fully saturated rings. The van der Waals surface area contributed by atoms with E-state index in [2.05, 4.69) is 20.5 Å². The van der Waals surface area contributed by atoms with E-state index >= 15 is 0 Å². The van der Waals surface area contributed by atoms with Crippen LogP contribution in [-0.4, -0.2) is 33.7 Å². The van der Waals surface area contributed by atoms with Gasteiger partial charge in [0.15, 0.2) is 5.13 Å². The van der Waals surface area contributed by atoms with Gasteiger partial charge in [0.2, 0.25) is 0 Å². The van der Waals surface area contributed by atoms with Gasteiger partial charge in [0.25, 0.3) is 5.91 Å². The van der Waals surface area contributed by atoms with E-state index in [0.717, 1.165) is 0 Å². The first-order valence-corrected chi connectivity index (χ1v) is 8.66. The number of hydrogen-bond donors (Lipinski definition) is 2. The minimum Gasteiger partial charge on any atom is -0.466 e. The van der Waals surface area contributed by atoms with Crippen molar-refractivity contribution in [2.24, 2.45) is 0 Å². The summed E-state index contributed by atoms with van der Waals surface area (Å²) in [5, 5.41) is 11.4. The molecular weight excluding hydrogens is 359 g/mol. The van der Waals surface area contributed by atoms with Crippen molar-refractivity contribution in [3.8, 4) is 11.3 Å². The molecule has 0 unspecified atom stereocenters. The highest BCUT2D eigenvalue weighted by molar-refractivity contribution is 7.14. The van der Waals surface area contributed by atoms with Crippen molar-refractivity contribution in [1.29, 1.82) is 0 Å². The van der Waals surface area contributed by atoms with Crippen molar-refractivity contribution in [3.63, 3.8) is 0 Å². The molecule has 0 saturated heterocycles. The van der Waals surface area contributed by atoms with Crippen molar-refractivity contribution in [2.45, 2.75) is 13.3 Å². The highest BCUT2D eigenvalue weighted by Crippen LogP contribution is 2.20. The highest BCUT2D eigenvalue weighted by atomic mass is 32.1. The minimum absolute atomic E-state index is 0.0545. The molecule has 0 atom stereocenters. The SMILES string of the molecule is CCOC(=O)Cc1csc(NC(=O)c2cc(-c3ccc(F)cc3)n[nH]2)n1. The number of esters is 1. The Labute approximate surface area is 152 Å². The van der Waals surface area contributed by atoms with Crippen molar-refractivity contribution >= 4 is 28.3 Å². The lowest BCUT2D eigenvalue weighted by molar-refractivity contribution is -0.142. The molecule has 2 aromatic heterocycles. The first kappa shape index (κ1) is 17.7. The van der Waals surface area contributed by atoms with Gasteiger partial charge in [-0.2, -0.15) is 5.10 Å². The lowest BCUT2D eigenvalue weighted by atomic mass is 10.1. The third-order valence-corrected chi connectivity index (χ3v) is 4.17. The Hall–Kier alpha value is -3.07. The second-order valence-electron chi connectivity index (χ2n) is 5.25. The third-order valence-electron chi connectivity index (χ3n) is 3.37. The number of anilines is 1. The van der Waals surface area contributed by atoms with Crippen molar-refractivity contribution in [2.75, 3.05) is 11.9 Å². The largest absolute Gasteiger partial charge is 0.466 e. The lowest BCUT2D eigenvalue weighted by Crippen LogP contribution is -2.12. The van der Waals surface area contributed by atoms with Crippen LogP contribution in [0.4, 0.5) is 9.52 Å². The van der Waals surface area contributed by atoms with Crippen LogP contribution < -0.4 is 5.32 Å². The number of hydrogen-bond acceptors (Lipinski definition) is 6. The molecule has 3 aromatic rings. The zero-order valence-electron chi connectivity index (χ0n) is 13.8. The fraction of sp³-hybridized carbons (Fsp3) is 0.176. The number of aromatic amines is 1. The second kappa shape index (κ2) is 7.87. The lowest BCUT2D eigenvalue weighted by Gasteiger charge is -1.99. The molecule has 0 bridgehead atoms. The Morgan fingerprint density at radius 1 is 1.31 bits per heavy atom. The monoisotopic (exact) mass is 374 g/mol. The van der Waals surface area contributed by atoms with Crippen LogP contribution >= 0.6 is 11.3 Å². The van der Waals surface area contributed by atoms with Crippen molar-refractivity contribution in [3.05, 3.63) is 52.9 Å². The molecule has 2 N–H and O–H groups in total. The van der Waals surface area contributed by atoms with Crippen molar-refractivity contribution in [1.82, 2.24) is 15.2 Å². The van der Waals surface area contributed by atoms with Crippen LogP contribution in [0.5, 0.6) is 0 Å². The smallest absolute Gasteiger partial charge is 0.311 e. The molecule has 0 aliphatic rings. The molecule has 134 valence electrons. The Morgan fingerprint density at radius 3 is 2.81 bits per heavy atom.